The van der Waals surface area contributed by atoms with Gasteiger partial charge in [-0.3, -0.25) is 4.79 Å². The zero-order chi connectivity index (χ0) is 15.9. The van der Waals surface area contributed by atoms with E-state index in [9.17, 15) is 4.79 Å². The monoisotopic (exact) mass is 307 g/mol. The van der Waals surface area contributed by atoms with Gasteiger partial charge in [-0.15, -0.1) is 0 Å². The molecule has 0 bridgehead atoms. The average molecular weight is 307 g/mol. The lowest BCUT2D eigenvalue weighted by molar-refractivity contribution is -0.116. The summed E-state index contributed by atoms with van der Waals surface area (Å²) in [6, 6.07) is 9.74. The summed E-state index contributed by atoms with van der Waals surface area (Å²) in [5.74, 6) is 0.506. The molecule has 6 nitrogen and oxygen atoms in total. The maximum atomic E-state index is 11.7. The average Bonchev–Trinajstić information content (AvgIpc) is 3.05. The van der Waals surface area contributed by atoms with Crippen LogP contribution in [0.5, 0.6) is 0 Å². The van der Waals surface area contributed by atoms with E-state index in [0.717, 1.165) is 24.0 Å². The van der Waals surface area contributed by atoms with Gasteiger partial charge in [0.05, 0.1) is 0 Å². The molecule has 3 rings (SSSR count). The first kappa shape index (κ1) is 14.9. The predicted molar refractivity (Wildman–Crippen MR) is 87.6 cm³/mol. The fourth-order valence-electron chi connectivity index (χ4n) is 2.19. The Hall–Kier alpha value is -3.02. The van der Waals surface area contributed by atoms with Crippen LogP contribution in [0.2, 0.25) is 0 Å². The van der Waals surface area contributed by atoms with Gasteiger partial charge in [0, 0.05) is 25.0 Å². The van der Waals surface area contributed by atoms with Gasteiger partial charge in [0.25, 0.3) is 5.78 Å². The first-order valence-electron chi connectivity index (χ1n) is 7.46. The number of hydrogen-bond acceptors (Lipinski definition) is 4. The lowest BCUT2D eigenvalue weighted by atomic mass is 10.2. The molecule has 1 aromatic carbocycles. The van der Waals surface area contributed by atoms with E-state index in [1.165, 1.54) is 6.33 Å². The van der Waals surface area contributed by atoms with Crippen molar-refractivity contribution in [2.75, 3.05) is 6.54 Å². The number of nitrogens with zero attached hydrogens (tertiary/aromatic N) is 4. The fourth-order valence-corrected chi connectivity index (χ4v) is 2.19. The number of hydrogen-bond donors (Lipinski definition) is 1. The number of amides is 1. The Labute approximate surface area is 133 Å². The van der Waals surface area contributed by atoms with Crippen molar-refractivity contribution in [3.63, 3.8) is 0 Å². The smallest absolute Gasteiger partial charge is 0.252 e. The summed E-state index contributed by atoms with van der Waals surface area (Å²) in [6.07, 6.45) is 10.2. The third-order valence-corrected chi connectivity index (χ3v) is 3.36. The van der Waals surface area contributed by atoms with Crippen molar-refractivity contribution in [3.05, 3.63) is 66.3 Å². The van der Waals surface area contributed by atoms with Crippen LogP contribution >= 0.6 is 0 Å². The van der Waals surface area contributed by atoms with Gasteiger partial charge in [-0.1, -0.05) is 30.3 Å². The van der Waals surface area contributed by atoms with Gasteiger partial charge in [-0.25, -0.2) is 9.50 Å². The summed E-state index contributed by atoms with van der Waals surface area (Å²) in [6.45, 7) is 0.618. The number of benzene rings is 1. The number of aromatic nitrogens is 4. The minimum absolute atomic E-state index is 0.0845. The van der Waals surface area contributed by atoms with Crippen LogP contribution in [0.4, 0.5) is 0 Å². The normalized spacial score (nSPS) is 11.1. The molecule has 2 aromatic heterocycles. The molecule has 0 atom stereocenters. The molecule has 0 radical (unpaired) electrons. The van der Waals surface area contributed by atoms with E-state index < -0.39 is 0 Å². The highest BCUT2D eigenvalue weighted by atomic mass is 16.1. The standard InChI is InChI=1S/C17H17N5O/c23-16(9-8-14-5-2-1-3-6-14)18-10-4-7-15-11-19-17-20-13-21-22(17)12-15/h1-3,5-6,8-9,11-13H,4,7,10H2,(H,18,23)/b9-8+. The van der Waals surface area contributed by atoms with Crippen molar-refractivity contribution in [1.29, 1.82) is 0 Å². The van der Waals surface area contributed by atoms with Gasteiger partial charge in [-0.05, 0) is 30.0 Å². The van der Waals surface area contributed by atoms with Crippen LogP contribution < -0.4 is 5.32 Å². The van der Waals surface area contributed by atoms with Gasteiger partial charge >= 0.3 is 0 Å². The summed E-state index contributed by atoms with van der Waals surface area (Å²) >= 11 is 0. The molecule has 6 heteroatoms. The SMILES string of the molecule is O=C(/C=C/c1ccccc1)NCCCc1cnc2ncnn2c1. The number of carbonyl (C=O) groups is 1. The number of rotatable bonds is 6. The summed E-state index contributed by atoms with van der Waals surface area (Å²) in [5.41, 5.74) is 2.08. The van der Waals surface area contributed by atoms with Crippen molar-refractivity contribution in [1.82, 2.24) is 24.9 Å². The molecule has 23 heavy (non-hydrogen) atoms. The van der Waals surface area contributed by atoms with Gasteiger partial charge < -0.3 is 5.32 Å². The minimum Gasteiger partial charge on any atom is -0.353 e. The van der Waals surface area contributed by atoms with Crippen LogP contribution in [0.25, 0.3) is 11.9 Å². The lowest BCUT2D eigenvalue weighted by Crippen LogP contribution is -2.22. The Kier molecular flexibility index (Phi) is 4.73. The zero-order valence-electron chi connectivity index (χ0n) is 12.6. The molecule has 2 heterocycles. The maximum absolute atomic E-state index is 11.7. The first-order chi connectivity index (χ1) is 11.3. The molecule has 1 N–H and O–H groups in total. The Morgan fingerprint density at radius 1 is 1.22 bits per heavy atom. The fraction of sp³-hybridized carbons (Fsp3) is 0.176. The highest BCUT2D eigenvalue weighted by Crippen LogP contribution is 2.03. The third kappa shape index (κ3) is 4.23. The predicted octanol–water partition coefficient (Wildman–Crippen LogP) is 1.89. The van der Waals surface area contributed by atoms with Gasteiger partial charge in [-0.2, -0.15) is 10.1 Å². The van der Waals surface area contributed by atoms with Crippen LogP contribution in [0, 0.1) is 0 Å². The molecule has 0 saturated carbocycles. The Morgan fingerprint density at radius 2 is 2.09 bits per heavy atom. The highest BCUT2D eigenvalue weighted by Gasteiger charge is 2.00. The van der Waals surface area contributed by atoms with Crippen molar-refractivity contribution in [3.8, 4) is 0 Å². The van der Waals surface area contributed by atoms with E-state index in [1.54, 1.807) is 22.9 Å². The van der Waals surface area contributed by atoms with E-state index in [-0.39, 0.29) is 5.91 Å². The second-order valence-corrected chi connectivity index (χ2v) is 5.11. The van der Waals surface area contributed by atoms with Crippen molar-refractivity contribution >= 4 is 17.8 Å². The highest BCUT2D eigenvalue weighted by molar-refractivity contribution is 5.91. The topological polar surface area (TPSA) is 72.2 Å². The molecule has 0 spiro atoms. The second kappa shape index (κ2) is 7.31. The van der Waals surface area contributed by atoms with Crippen molar-refractivity contribution in [2.24, 2.45) is 0 Å². The van der Waals surface area contributed by atoms with Gasteiger partial charge in [0.15, 0.2) is 0 Å². The largest absolute Gasteiger partial charge is 0.353 e. The Balaban J connectivity index is 1.42. The molecule has 1 amide bonds. The van der Waals surface area contributed by atoms with Crippen molar-refractivity contribution < 1.29 is 4.79 Å². The molecule has 0 aliphatic carbocycles. The molecule has 0 saturated heterocycles. The molecule has 0 fully saturated rings. The van der Waals surface area contributed by atoms with Crippen LogP contribution in [0.1, 0.15) is 17.5 Å². The van der Waals surface area contributed by atoms with E-state index in [0.29, 0.717) is 12.3 Å². The Morgan fingerprint density at radius 3 is 2.96 bits per heavy atom. The number of nitrogens with one attached hydrogen (secondary N) is 1. The second-order valence-electron chi connectivity index (χ2n) is 5.11. The molecule has 3 aromatic rings. The quantitative estimate of drug-likeness (QED) is 0.557. The van der Waals surface area contributed by atoms with Gasteiger partial charge in [0.1, 0.15) is 6.33 Å². The molecule has 116 valence electrons. The molecular weight excluding hydrogens is 290 g/mol. The third-order valence-electron chi connectivity index (χ3n) is 3.36. The summed E-state index contributed by atoms with van der Waals surface area (Å²) < 4.78 is 1.65. The number of carbonyl (C=O) groups excluding carboxylic acids is 1. The minimum atomic E-state index is -0.0845. The van der Waals surface area contributed by atoms with Crippen LogP contribution in [0.15, 0.2) is 55.1 Å². The molecule has 0 aliphatic heterocycles. The summed E-state index contributed by atoms with van der Waals surface area (Å²) in [5, 5.41) is 6.93. The Bertz CT molecular complexity index is 810. The van der Waals surface area contributed by atoms with Crippen molar-refractivity contribution in [2.45, 2.75) is 12.8 Å². The van der Waals surface area contributed by atoms with E-state index in [4.69, 9.17) is 0 Å². The van der Waals surface area contributed by atoms with Crippen LogP contribution in [-0.4, -0.2) is 32.0 Å². The molecule has 0 aliphatic rings. The molecular formula is C17H17N5O. The lowest BCUT2D eigenvalue weighted by Gasteiger charge is -2.03. The number of fused-ring (bicyclic) bond motifs is 1. The molecule has 0 unspecified atom stereocenters. The van der Waals surface area contributed by atoms with Crippen LogP contribution in [0.3, 0.4) is 0 Å². The summed E-state index contributed by atoms with van der Waals surface area (Å²) in [4.78, 5) is 19.9. The summed E-state index contributed by atoms with van der Waals surface area (Å²) in [7, 11) is 0. The van der Waals surface area contributed by atoms with E-state index >= 15 is 0 Å². The van der Waals surface area contributed by atoms with Gasteiger partial charge in [0.2, 0.25) is 5.91 Å². The first-order valence-corrected chi connectivity index (χ1v) is 7.46. The van der Waals surface area contributed by atoms with E-state index in [2.05, 4.69) is 20.4 Å². The number of aryl methyl sites for hydroxylation is 1. The maximum Gasteiger partial charge on any atom is 0.252 e. The van der Waals surface area contributed by atoms with Crippen LogP contribution in [-0.2, 0) is 11.2 Å². The zero-order valence-corrected chi connectivity index (χ0v) is 12.6. The van der Waals surface area contributed by atoms with E-state index in [1.807, 2.05) is 36.5 Å².